The Bertz CT molecular complexity index is 990. The standard InChI is InChI=1S/C21H26N6O4/c1-15-19(22-23-26(15)17-6-5-7-18(14-17)27(30)31)21(29)25-12-8-16(9-13-25)20(28)24-10-3-2-4-11-24/h5-7,14,16H,2-4,8-13H2,1H3. The maximum absolute atomic E-state index is 13.0. The first-order valence-electron chi connectivity index (χ1n) is 10.7. The molecule has 0 saturated carbocycles. The molecule has 2 aliphatic heterocycles. The number of likely N-dealkylation sites (tertiary alicyclic amines) is 2. The minimum atomic E-state index is -0.475. The van der Waals surface area contributed by atoms with Crippen molar-refractivity contribution in [2.75, 3.05) is 26.2 Å². The number of carbonyl (C=O) groups is 2. The zero-order chi connectivity index (χ0) is 22.0. The van der Waals surface area contributed by atoms with Gasteiger partial charge in [0.2, 0.25) is 5.91 Å². The smallest absolute Gasteiger partial charge is 0.276 e. The number of aromatic nitrogens is 3. The fraction of sp³-hybridized carbons (Fsp3) is 0.524. The van der Waals surface area contributed by atoms with Crippen LogP contribution in [0.2, 0.25) is 0 Å². The van der Waals surface area contributed by atoms with Crippen molar-refractivity contribution in [2.45, 2.75) is 39.0 Å². The quantitative estimate of drug-likeness (QED) is 0.548. The summed E-state index contributed by atoms with van der Waals surface area (Å²) in [5.74, 6) is -0.0264. The van der Waals surface area contributed by atoms with Crippen molar-refractivity contribution in [2.24, 2.45) is 5.92 Å². The van der Waals surface area contributed by atoms with Crippen molar-refractivity contribution in [3.8, 4) is 5.69 Å². The lowest BCUT2D eigenvalue weighted by Crippen LogP contribution is -2.45. The van der Waals surface area contributed by atoms with Gasteiger partial charge in [-0.1, -0.05) is 11.3 Å². The molecule has 31 heavy (non-hydrogen) atoms. The van der Waals surface area contributed by atoms with Gasteiger partial charge in [0.05, 0.1) is 16.3 Å². The maximum Gasteiger partial charge on any atom is 0.276 e. The molecular weight excluding hydrogens is 400 g/mol. The number of rotatable bonds is 4. The predicted octanol–water partition coefficient (Wildman–Crippen LogP) is 2.35. The molecule has 0 N–H and O–H groups in total. The van der Waals surface area contributed by atoms with Crippen LogP contribution >= 0.6 is 0 Å². The summed E-state index contributed by atoms with van der Waals surface area (Å²) >= 11 is 0. The molecule has 2 aromatic rings. The number of carbonyl (C=O) groups excluding carboxylic acids is 2. The van der Waals surface area contributed by atoms with Gasteiger partial charge in [-0.3, -0.25) is 19.7 Å². The molecule has 164 valence electrons. The summed E-state index contributed by atoms with van der Waals surface area (Å²) in [7, 11) is 0. The van der Waals surface area contributed by atoms with Crippen LogP contribution in [0.4, 0.5) is 5.69 Å². The highest BCUT2D eigenvalue weighted by Gasteiger charge is 2.32. The Kier molecular flexibility index (Phi) is 5.97. The average Bonchev–Trinajstić information content (AvgIpc) is 3.20. The molecule has 0 atom stereocenters. The molecule has 10 heteroatoms. The van der Waals surface area contributed by atoms with Gasteiger partial charge in [-0.2, -0.15) is 0 Å². The van der Waals surface area contributed by atoms with E-state index in [-0.39, 0.29) is 29.1 Å². The number of benzene rings is 1. The molecule has 10 nitrogen and oxygen atoms in total. The topological polar surface area (TPSA) is 114 Å². The van der Waals surface area contributed by atoms with Crippen molar-refractivity contribution in [1.29, 1.82) is 0 Å². The van der Waals surface area contributed by atoms with E-state index >= 15 is 0 Å². The summed E-state index contributed by atoms with van der Waals surface area (Å²) < 4.78 is 1.44. The van der Waals surface area contributed by atoms with Crippen LogP contribution in [0.15, 0.2) is 24.3 Å². The van der Waals surface area contributed by atoms with Gasteiger partial charge in [0.25, 0.3) is 11.6 Å². The van der Waals surface area contributed by atoms with E-state index in [1.807, 2.05) is 4.90 Å². The van der Waals surface area contributed by atoms with Crippen molar-refractivity contribution in [3.05, 3.63) is 45.8 Å². The van der Waals surface area contributed by atoms with Crippen molar-refractivity contribution >= 4 is 17.5 Å². The third-order valence-electron chi connectivity index (χ3n) is 6.18. The Morgan fingerprint density at radius 2 is 1.77 bits per heavy atom. The molecule has 0 radical (unpaired) electrons. The SMILES string of the molecule is Cc1c(C(=O)N2CCC(C(=O)N3CCCCC3)CC2)nnn1-c1cccc([N+](=O)[O-])c1. The van der Waals surface area contributed by atoms with Gasteiger partial charge in [0.1, 0.15) is 0 Å². The summed E-state index contributed by atoms with van der Waals surface area (Å²) in [6.45, 7) is 4.42. The van der Waals surface area contributed by atoms with Crippen LogP contribution < -0.4 is 0 Å². The lowest BCUT2D eigenvalue weighted by molar-refractivity contribution is -0.384. The van der Waals surface area contributed by atoms with Gasteiger partial charge in [0.15, 0.2) is 5.69 Å². The Morgan fingerprint density at radius 3 is 2.45 bits per heavy atom. The molecule has 2 fully saturated rings. The summed E-state index contributed by atoms with van der Waals surface area (Å²) in [6, 6.07) is 6.05. The first-order chi connectivity index (χ1) is 15.0. The van der Waals surface area contributed by atoms with Gasteiger partial charge >= 0.3 is 0 Å². The van der Waals surface area contributed by atoms with Gasteiger partial charge in [-0.15, -0.1) is 5.10 Å². The summed E-state index contributed by atoms with van der Waals surface area (Å²) in [5.41, 5.74) is 1.18. The zero-order valence-electron chi connectivity index (χ0n) is 17.6. The van der Waals surface area contributed by atoms with Crippen LogP contribution in [-0.4, -0.2) is 67.7 Å². The fourth-order valence-corrected chi connectivity index (χ4v) is 4.36. The summed E-state index contributed by atoms with van der Waals surface area (Å²) in [4.78, 5) is 40.0. The Labute approximate surface area is 180 Å². The van der Waals surface area contributed by atoms with Crippen molar-refractivity contribution in [1.82, 2.24) is 24.8 Å². The van der Waals surface area contributed by atoms with E-state index in [4.69, 9.17) is 0 Å². The first kappa shape index (κ1) is 21.0. The van der Waals surface area contributed by atoms with E-state index < -0.39 is 4.92 Å². The molecule has 0 aliphatic carbocycles. The molecule has 1 aromatic carbocycles. The molecule has 0 unspecified atom stereocenters. The molecule has 0 spiro atoms. The first-order valence-corrected chi connectivity index (χ1v) is 10.7. The molecule has 3 heterocycles. The number of hydrogen-bond donors (Lipinski definition) is 0. The lowest BCUT2D eigenvalue weighted by atomic mass is 9.94. The average molecular weight is 426 g/mol. The summed E-state index contributed by atoms with van der Waals surface area (Å²) in [6.07, 6.45) is 4.64. The molecule has 1 aromatic heterocycles. The third kappa shape index (κ3) is 4.28. The monoisotopic (exact) mass is 426 g/mol. The van der Waals surface area contributed by atoms with Crippen LogP contribution in [-0.2, 0) is 4.79 Å². The van der Waals surface area contributed by atoms with Gasteiger partial charge in [-0.25, -0.2) is 4.68 Å². The van der Waals surface area contributed by atoms with Gasteiger partial charge in [0, 0.05) is 44.2 Å². The van der Waals surface area contributed by atoms with E-state index in [1.54, 1.807) is 24.0 Å². The van der Waals surface area contributed by atoms with Crippen LogP contribution in [0.25, 0.3) is 5.69 Å². The largest absolute Gasteiger partial charge is 0.342 e. The Hall–Kier alpha value is -3.30. The number of amides is 2. The third-order valence-corrected chi connectivity index (χ3v) is 6.18. The zero-order valence-corrected chi connectivity index (χ0v) is 17.6. The van der Waals surface area contributed by atoms with Gasteiger partial charge < -0.3 is 9.80 Å². The highest BCUT2D eigenvalue weighted by Crippen LogP contribution is 2.24. The minimum Gasteiger partial charge on any atom is -0.342 e. The molecule has 2 aliphatic rings. The van der Waals surface area contributed by atoms with Crippen LogP contribution in [0.1, 0.15) is 48.3 Å². The van der Waals surface area contributed by atoms with E-state index in [0.717, 1.165) is 25.9 Å². The minimum absolute atomic E-state index is 0.0243. The second-order valence-corrected chi connectivity index (χ2v) is 8.16. The van der Waals surface area contributed by atoms with Gasteiger partial charge in [-0.05, 0) is 45.1 Å². The fourth-order valence-electron chi connectivity index (χ4n) is 4.36. The van der Waals surface area contributed by atoms with Crippen LogP contribution in [0, 0.1) is 23.0 Å². The highest BCUT2D eigenvalue weighted by atomic mass is 16.6. The van der Waals surface area contributed by atoms with E-state index in [0.29, 0.717) is 37.3 Å². The van der Waals surface area contributed by atoms with E-state index in [2.05, 4.69) is 10.3 Å². The molecule has 4 rings (SSSR count). The second-order valence-electron chi connectivity index (χ2n) is 8.16. The number of non-ortho nitro benzene ring substituents is 1. The molecule has 2 amide bonds. The van der Waals surface area contributed by atoms with Crippen LogP contribution in [0.5, 0.6) is 0 Å². The highest BCUT2D eigenvalue weighted by molar-refractivity contribution is 5.93. The normalized spacial score (nSPS) is 17.6. The van der Waals surface area contributed by atoms with Crippen molar-refractivity contribution in [3.63, 3.8) is 0 Å². The number of piperidine rings is 2. The number of nitro groups is 1. The summed E-state index contributed by atoms with van der Waals surface area (Å²) in [5, 5.41) is 19.1. The Morgan fingerprint density at radius 1 is 1.06 bits per heavy atom. The molecule has 2 saturated heterocycles. The number of nitro benzene ring substituents is 1. The maximum atomic E-state index is 13.0. The second kappa shape index (κ2) is 8.83. The molecular formula is C21H26N6O4. The van der Waals surface area contributed by atoms with Crippen LogP contribution in [0.3, 0.4) is 0 Å². The number of nitrogens with zero attached hydrogens (tertiary/aromatic N) is 6. The molecule has 0 bridgehead atoms. The predicted molar refractivity (Wildman–Crippen MR) is 112 cm³/mol. The lowest BCUT2D eigenvalue weighted by Gasteiger charge is -2.35. The van der Waals surface area contributed by atoms with E-state index in [9.17, 15) is 19.7 Å². The Balaban J connectivity index is 1.42. The van der Waals surface area contributed by atoms with Crippen molar-refractivity contribution < 1.29 is 14.5 Å². The number of hydrogen-bond acceptors (Lipinski definition) is 6. The van der Waals surface area contributed by atoms with E-state index in [1.165, 1.54) is 23.2 Å².